The lowest BCUT2D eigenvalue weighted by atomic mass is 10.1. The van der Waals surface area contributed by atoms with E-state index in [1.165, 1.54) is 6.07 Å². The molecule has 0 saturated heterocycles. The van der Waals surface area contributed by atoms with Crippen LogP contribution in [0.3, 0.4) is 0 Å². The first-order valence-electron chi connectivity index (χ1n) is 5.32. The van der Waals surface area contributed by atoms with Crippen molar-refractivity contribution in [2.75, 3.05) is 12.4 Å². The van der Waals surface area contributed by atoms with E-state index in [0.29, 0.717) is 5.69 Å². The molecule has 5 nitrogen and oxygen atoms in total. The molecule has 86 valence electrons. The van der Waals surface area contributed by atoms with Crippen LogP contribution in [0.5, 0.6) is 5.75 Å². The van der Waals surface area contributed by atoms with Gasteiger partial charge in [0.25, 0.3) is 5.69 Å². The summed E-state index contributed by atoms with van der Waals surface area (Å²) < 4.78 is 5.67. The molecule has 1 atom stereocenters. The Kier molecular flexibility index (Phi) is 2.68. The average Bonchev–Trinajstić information content (AvgIpc) is 2.69. The first kappa shape index (κ1) is 10.7. The van der Waals surface area contributed by atoms with Crippen molar-refractivity contribution >= 4 is 11.4 Å². The van der Waals surface area contributed by atoms with E-state index in [0.717, 1.165) is 24.2 Å². The van der Waals surface area contributed by atoms with Crippen molar-refractivity contribution in [2.45, 2.75) is 25.9 Å². The quantitative estimate of drug-likeness (QED) is 0.629. The summed E-state index contributed by atoms with van der Waals surface area (Å²) >= 11 is 0. The molecular weight excluding hydrogens is 208 g/mol. The Bertz CT molecular complexity index is 431. The van der Waals surface area contributed by atoms with Crippen molar-refractivity contribution in [1.29, 1.82) is 0 Å². The lowest BCUT2D eigenvalue weighted by molar-refractivity contribution is -0.384. The van der Waals surface area contributed by atoms with Crippen molar-refractivity contribution in [3.63, 3.8) is 0 Å². The minimum absolute atomic E-state index is 0.113. The number of benzene rings is 1. The van der Waals surface area contributed by atoms with E-state index in [-0.39, 0.29) is 16.7 Å². The molecular formula is C11H14N2O3. The third-order valence-corrected chi connectivity index (χ3v) is 2.88. The molecule has 2 rings (SSSR count). The molecule has 5 heteroatoms. The maximum absolute atomic E-state index is 10.9. The van der Waals surface area contributed by atoms with Crippen LogP contribution in [0.25, 0.3) is 0 Å². The predicted molar refractivity (Wildman–Crippen MR) is 61.1 cm³/mol. The molecule has 0 spiro atoms. The van der Waals surface area contributed by atoms with Gasteiger partial charge in [-0.1, -0.05) is 6.92 Å². The predicted octanol–water partition coefficient (Wildman–Crippen LogP) is 2.35. The van der Waals surface area contributed by atoms with E-state index < -0.39 is 0 Å². The Morgan fingerprint density at radius 3 is 2.94 bits per heavy atom. The van der Waals surface area contributed by atoms with Crippen LogP contribution < -0.4 is 10.1 Å². The molecule has 0 aliphatic carbocycles. The highest BCUT2D eigenvalue weighted by Crippen LogP contribution is 2.40. The van der Waals surface area contributed by atoms with E-state index in [4.69, 9.17) is 4.74 Å². The van der Waals surface area contributed by atoms with Crippen molar-refractivity contribution in [2.24, 2.45) is 0 Å². The molecule has 1 heterocycles. The molecule has 1 unspecified atom stereocenters. The molecule has 0 amide bonds. The first-order chi connectivity index (χ1) is 7.67. The average molecular weight is 222 g/mol. The minimum atomic E-state index is -0.370. The summed E-state index contributed by atoms with van der Waals surface area (Å²) in [6.45, 7) is 2.05. The number of nitro groups is 1. The zero-order chi connectivity index (χ0) is 11.7. The fourth-order valence-electron chi connectivity index (χ4n) is 2.04. The molecule has 0 fully saturated rings. The number of anilines is 1. The largest absolute Gasteiger partial charge is 0.490 e. The van der Waals surface area contributed by atoms with Crippen LogP contribution in [0, 0.1) is 10.1 Å². The van der Waals surface area contributed by atoms with E-state index in [9.17, 15) is 10.1 Å². The van der Waals surface area contributed by atoms with E-state index in [1.54, 1.807) is 13.1 Å². The smallest absolute Gasteiger partial charge is 0.292 e. The summed E-state index contributed by atoms with van der Waals surface area (Å²) in [5, 5.41) is 13.8. The molecule has 1 aromatic carbocycles. The zero-order valence-corrected chi connectivity index (χ0v) is 9.32. The molecule has 1 N–H and O–H groups in total. The molecule has 0 aromatic heterocycles. The second-order valence-corrected chi connectivity index (χ2v) is 3.80. The monoisotopic (exact) mass is 222 g/mol. The SMILES string of the molecule is CCC1Cc2c(ccc([N+](=O)[O-])c2NC)O1. The standard InChI is InChI=1S/C11H14N2O3/c1-3-7-6-8-10(16-7)5-4-9(13(14)15)11(8)12-2/h4-5,7,12H,3,6H2,1-2H3. The Hall–Kier alpha value is -1.78. The summed E-state index contributed by atoms with van der Waals surface area (Å²) in [7, 11) is 1.70. The number of ether oxygens (including phenoxy) is 1. The van der Waals surface area contributed by atoms with Crippen LogP contribution in [0.15, 0.2) is 12.1 Å². The maximum Gasteiger partial charge on any atom is 0.292 e. The Labute approximate surface area is 93.6 Å². The number of fused-ring (bicyclic) bond motifs is 1. The molecule has 1 aromatic rings. The van der Waals surface area contributed by atoms with Gasteiger partial charge in [0, 0.05) is 25.1 Å². The van der Waals surface area contributed by atoms with Gasteiger partial charge in [-0.05, 0) is 12.5 Å². The van der Waals surface area contributed by atoms with E-state index in [1.807, 2.05) is 6.92 Å². The van der Waals surface area contributed by atoms with Gasteiger partial charge in [0.1, 0.15) is 17.5 Å². The second kappa shape index (κ2) is 4.00. The van der Waals surface area contributed by atoms with Gasteiger partial charge in [-0.25, -0.2) is 0 Å². The Balaban J connectivity index is 2.47. The molecule has 1 aliphatic heterocycles. The summed E-state index contributed by atoms with van der Waals surface area (Å²) in [4.78, 5) is 10.5. The van der Waals surface area contributed by atoms with Crippen LogP contribution >= 0.6 is 0 Å². The van der Waals surface area contributed by atoms with Gasteiger partial charge in [0.15, 0.2) is 0 Å². The summed E-state index contributed by atoms with van der Waals surface area (Å²) in [5.74, 6) is 0.766. The van der Waals surface area contributed by atoms with Crippen LogP contribution in [-0.4, -0.2) is 18.1 Å². The number of nitrogens with zero attached hydrogens (tertiary/aromatic N) is 1. The van der Waals surface area contributed by atoms with Crippen LogP contribution in [0.2, 0.25) is 0 Å². The summed E-state index contributed by atoms with van der Waals surface area (Å²) in [5.41, 5.74) is 1.61. The molecule has 0 radical (unpaired) electrons. The fraction of sp³-hybridized carbons (Fsp3) is 0.455. The summed E-state index contributed by atoms with van der Waals surface area (Å²) in [6.07, 6.45) is 1.79. The van der Waals surface area contributed by atoms with Gasteiger partial charge in [-0.2, -0.15) is 0 Å². The number of nitrogens with one attached hydrogen (secondary N) is 1. The van der Waals surface area contributed by atoms with Gasteiger partial charge in [-0.3, -0.25) is 10.1 Å². The van der Waals surface area contributed by atoms with Crippen LogP contribution in [0.1, 0.15) is 18.9 Å². The second-order valence-electron chi connectivity index (χ2n) is 3.80. The molecule has 1 aliphatic rings. The third-order valence-electron chi connectivity index (χ3n) is 2.88. The highest BCUT2D eigenvalue weighted by atomic mass is 16.6. The van der Waals surface area contributed by atoms with Gasteiger partial charge in [-0.15, -0.1) is 0 Å². The topological polar surface area (TPSA) is 64.4 Å². The van der Waals surface area contributed by atoms with Gasteiger partial charge >= 0.3 is 0 Å². The minimum Gasteiger partial charge on any atom is -0.490 e. The van der Waals surface area contributed by atoms with Gasteiger partial charge in [0.2, 0.25) is 0 Å². The number of rotatable bonds is 3. The van der Waals surface area contributed by atoms with Crippen molar-refractivity contribution < 1.29 is 9.66 Å². The number of hydrogen-bond acceptors (Lipinski definition) is 4. The van der Waals surface area contributed by atoms with Crippen molar-refractivity contribution in [3.8, 4) is 5.75 Å². The molecule has 0 saturated carbocycles. The molecule has 16 heavy (non-hydrogen) atoms. The lowest BCUT2D eigenvalue weighted by Crippen LogP contribution is -2.10. The van der Waals surface area contributed by atoms with Gasteiger partial charge < -0.3 is 10.1 Å². The van der Waals surface area contributed by atoms with E-state index in [2.05, 4.69) is 5.32 Å². The van der Waals surface area contributed by atoms with Crippen molar-refractivity contribution in [3.05, 3.63) is 27.8 Å². The number of nitro benzene ring substituents is 1. The lowest BCUT2D eigenvalue weighted by Gasteiger charge is -2.06. The highest BCUT2D eigenvalue weighted by Gasteiger charge is 2.28. The first-order valence-corrected chi connectivity index (χ1v) is 5.32. The van der Waals surface area contributed by atoms with Crippen LogP contribution in [-0.2, 0) is 6.42 Å². The fourth-order valence-corrected chi connectivity index (χ4v) is 2.04. The zero-order valence-electron chi connectivity index (χ0n) is 9.32. The van der Waals surface area contributed by atoms with Gasteiger partial charge in [0.05, 0.1) is 4.92 Å². The number of hydrogen-bond donors (Lipinski definition) is 1. The molecule has 0 bridgehead atoms. The summed E-state index contributed by atoms with van der Waals surface area (Å²) in [6, 6.07) is 3.17. The Morgan fingerprint density at radius 1 is 1.62 bits per heavy atom. The third kappa shape index (κ3) is 1.58. The van der Waals surface area contributed by atoms with E-state index >= 15 is 0 Å². The van der Waals surface area contributed by atoms with Crippen LogP contribution in [0.4, 0.5) is 11.4 Å². The maximum atomic E-state index is 10.9. The Morgan fingerprint density at radius 2 is 2.38 bits per heavy atom. The highest BCUT2D eigenvalue weighted by molar-refractivity contribution is 5.71. The normalized spacial score (nSPS) is 17.8. The van der Waals surface area contributed by atoms with Crippen molar-refractivity contribution in [1.82, 2.24) is 0 Å².